The quantitative estimate of drug-likeness (QED) is 0.0617. The lowest BCUT2D eigenvalue weighted by Gasteiger charge is -2.26. The Bertz CT molecular complexity index is 2090. The van der Waals surface area contributed by atoms with E-state index in [1.807, 2.05) is 43.3 Å². The zero-order valence-electron chi connectivity index (χ0n) is 36.8. The molecule has 17 heteroatoms. The molecule has 5 N–H and O–H groups in total. The summed E-state index contributed by atoms with van der Waals surface area (Å²) in [6, 6.07) is 19.6. The van der Waals surface area contributed by atoms with Gasteiger partial charge in [-0.2, -0.15) is 5.21 Å². The number of aromatic nitrogens is 4. The molecule has 1 aliphatic carbocycles. The van der Waals surface area contributed by atoms with Crippen molar-refractivity contribution < 1.29 is 42.9 Å². The number of benzene rings is 3. The second kappa shape index (κ2) is 24.6. The molecule has 0 radical (unpaired) electrons. The van der Waals surface area contributed by atoms with Gasteiger partial charge in [0.25, 0.3) is 5.91 Å². The van der Waals surface area contributed by atoms with E-state index >= 15 is 0 Å². The topological polar surface area (TPSA) is 217 Å². The molecule has 1 aromatic heterocycles. The van der Waals surface area contributed by atoms with E-state index in [1.165, 1.54) is 0 Å². The Hall–Kier alpha value is -6.01. The van der Waals surface area contributed by atoms with Gasteiger partial charge in [0.2, 0.25) is 17.6 Å². The van der Waals surface area contributed by atoms with E-state index in [9.17, 15) is 19.2 Å². The van der Waals surface area contributed by atoms with E-state index in [0.717, 1.165) is 33.4 Å². The first kappa shape index (κ1) is 48.0. The minimum Gasteiger partial charge on any atom is -0.444 e. The van der Waals surface area contributed by atoms with Crippen LogP contribution in [-0.2, 0) is 39.7 Å². The van der Waals surface area contributed by atoms with Gasteiger partial charge in [-0.3, -0.25) is 19.7 Å². The van der Waals surface area contributed by atoms with Crippen LogP contribution in [0.5, 0.6) is 0 Å². The van der Waals surface area contributed by atoms with Gasteiger partial charge in [0.05, 0.1) is 46.2 Å². The molecule has 0 saturated heterocycles. The summed E-state index contributed by atoms with van der Waals surface area (Å²) in [4.78, 5) is 52.6. The number of hydrogen-bond donors (Lipinski definition) is 5. The highest BCUT2D eigenvalue weighted by atomic mass is 16.6. The van der Waals surface area contributed by atoms with E-state index in [0.29, 0.717) is 95.6 Å². The summed E-state index contributed by atoms with van der Waals surface area (Å²) >= 11 is 0. The molecule has 4 aromatic rings. The van der Waals surface area contributed by atoms with Crippen LogP contribution in [0, 0.1) is 12.8 Å². The van der Waals surface area contributed by atoms with Gasteiger partial charge in [-0.25, -0.2) is 4.79 Å². The molecule has 3 aromatic carbocycles. The molecule has 338 valence electrons. The Morgan fingerprint density at radius 1 is 0.841 bits per heavy atom. The third-order valence-electron chi connectivity index (χ3n) is 10.1. The number of aryl methyl sites for hydroxylation is 1. The number of H-pyrrole nitrogens is 1. The Morgan fingerprint density at radius 3 is 2.11 bits per heavy atom. The number of carbonyl (C=O) groups excluding carboxylic acids is 4. The van der Waals surface area contributed by atoms with Gasteiger partial charge in [-0.1, -0.05) is 35.9 Å². The van der Waals surface area contributed by atoms with Crippen molar-refractivity contribution >= 4 is 29.5 Å². The number of amides is 4. The first-order chi connectivity index (χ1) is 30.4. The predicted octanol–water partition coefficient (Wildman–Crippen LogP) is 5.53. The minimum absolute atomic E-state index is 0.192. The number of tetrazole rings is 1. The number of allylic oxidation sites excluding steroid dienone is 1. The number of methoxy groups -OCH3 is 1. The normalized spacial score (nSPS) is 14.4. The zero-order valence-corrected chi connectivity index (χ0v) is 36.8. The molecular weight excluding hydrogens is 809 g/mol. The van der Waals surface area contributed by atoms with Crippen molar-refractivity contribution in [1.29, 1.82) is 0 Å². The summed E-state index contributed by atoms with van der Waals surface area (Å²) in [5.74, 6) is -0.630. The molecule has 1 atom stereocenters. The van der Waals surface area contributed by atoms with Gasteiger partial charge in [-0.15, -0.1) is 10.2 Å². The first-order valence-corrected chi connectivity index (χ1v) is 21.2. The van der Waals surface area contributed by atoms with Crippen molar-refractivity contribution in [2.24, 2.45) is 5.92 Å². The Labute approximate surface area is 368 Å². The summed E-state index contributed by atoms with van der Waals surface area (Å²) in [6.45, 7) is 11.0. The molecule has 1 fully saturated rings. The standard InChI is InChI=1S/C46H60N8O9/c1-31-28-37(42(55)47-20-21-60-24-25-62-27-26-61-23-22-59-5)16-19-39(31)34-10-6-32(7-11-34)29-40(44(57)49-38-17-14-35(15-18-38)41-51-53-54-52-41)50-43(56)36-12-8-33(9-13-36)30-48-45(58)63-46(2,3)4/h6-7,10-11,14-19,28,30,36,40H,8-9,12-13,20-27,29H2,1-5H3,(H,47,55)(H,48,58)(H,49,57)(H,50,56)(H,51,52,53,54)/t36?,40-/m0/s1. The third kappa shape index (κ3) is 16.3. The molecule has 4 amide bonds. The maximum absolute atomic E-state index is 13.9. The van der Waals surface area contributed by atoms with E-state index < -0.39 is 17.7 Å². The maximum Gasteiger partial charge on any atom is 0.411 e. The summed E-state index contributed by atoms with van der Waals surface area (Å²) in [6.07, 6.45) is 3.80. The van der Waals surface area contributed by atoms with Gasteiger partial charge in [-0.05, 0) is 117 Å². The van der Waals surface area contributed by atoms with Crippen LogP contribution in [0.15, 0.2) is 78.5 Å². The van der Waals surface area contributed by atoms with Crippen molar-refractivity contribution in [3.8, 4) is 22.5 Å². The van der Waals surface area contributed by atoms with Crippen molar-refractivity contribution in [3.05, 3.63) is 95.2 Å². The van der Waals surface area contributed by atoms with Crippen molar-refractivity contribution in [3.63, 3.8) is 0 Å². The fourth-order valence-electron chi connectivity index (χ4n) is 6.79. The van der Waals surface area contributed by atoms with Crippen LogP contribution in [0.2, 0.25) is 0 Å². The number of aromatic amines is 1. The van der Waals surface area contributed by atoms with Crippen LogP contribution < -0.4 is 21.3 Å². The summed E-state index contributed by atoms with van der Waals surface area (Å²) in [7, 11) is 1.63. The number of rotatable bonds is 22. The molecule has 0 bridgehead atoms. The van der Waals surface area contributed by atoms with E-state index in [-0.39, 0.29) is 30.1 Å². The minimum atomic E-state index is -0.874. The summed E-state index contributed by atoms with van der Waals surface area (Å²) in [5, 5.41) is 25.6. The maximum atomic E-state index is 13.9. The smallest absolute Gasteiger partial charge is 0.411 e. The molecule has 1 heterocycles. The zero-order chi connectivity index (χ0) is 45.0. The van der Waals surface area contributed by atoms with Gasteiger partial charge in [0.15, 0.2) is 0 Å². The van der Waals surface area contributed by atoms with Crippen LogP contribution in [0.1, 0.15) is 67.9 Å². The highest BCUT2D eigenvalue weighted by Gasteiger charge is 2.29. The number of ether oxygens (including phenoxy) is 5. The van der Waals surface area contributed by atoms with E-state index in [2.05, 4.69) is 41.9 Å². The van der Waals surface area contributed by atoms with Gasteiger partial charge in [0, 0.05) is 49.0 Å². The van der Waals surface area contributed by atoms with E-state index in [1.54, 1.807) is 64.4 Å². The highest BCUT2D eigenvalue weighted by molar-refractivity contribution is 5.98. The van der Waals surface area contributed by atoms with Gasteiger partial charge >= 0.3 is 6.09 Å². The van der Waals surface area contributed by atoms with Crippen molar-refractivity contribution in [2.45, 2.75) is 71.4 Å². The monoisotopic (exact) mass is 868 g/mol. The van der Waals surface area contributed by atoms with Crippen LogP contribution in [0.25, 0.3) is 22.5 Å². The number of nitrogens with one attached hydrogen (secondary N) is 5. The Balaban J connectivity index is 1.15. The van der Waals surface area contributed by atoms with Crippen LogP contribution >= 0.6 is 0 Å². The molecule has 0 spiro atoms. The molecule has 17 nitrogen and oxygen atoms in total. The van der Waals surface area contributed by atoms with Crippen molar-refractivity contribution in [1.82, 2.24) is 36.6 Å². The second-order valence-corrected chi connectivity index (χ2v) is 16.1. The van der Waals surface area contributed by atoms with Crippen LogP contribution in [0.3, 0.4) is 0 Å². The average Bonchev–Trinajstić information content (AvgIpc) is 3.81. The molecule has 0 aliphatic heterocycles. The molecule has 1 aliphatic rings. The first-order valence-electron chi connectivity index (χ1n) is 21.2. The summed E-state index contributed by atoms with van der Waals surface area (Å²) < 4.78 is 26.6. The summed E-state index contributed by atoms with van der Waals surface area (Å²) in [5.41, 5.74) is 5.91. The van der Waals surface area contributed by atoms with Crippen LogP contribution in [0.4, 0.5) is 10.5 Å². The van der Waals surface area contributed by atoms with Crippen LogP contribution in [-0.4, -0.2) is 116 Å². The lowest BCUT2D eigenvalue weighted by Crippen LogP contribution is -2.47. The number of hydrogen-bond acceptors (Lipinski definition) is 12. The second-order valence-electron chi connectivity index (χ2n) is 16.1. The molecule has 63 heavy (non-hydrogen) atoms. The molecule has 5 rings (SSSR count). The van der Waals surface area contributed by atoms with E-state index in [4.69, 9.17) is 23.7 Å². The average molecular weight is 869 g/mol. The van der Waals surface area contributed by atoms with Gasteiger partial charge < -0.3 is 39.6 Å². The number of carbonyl (C=O) groups is 4. The fraction of sp³-hybridized carbons (Fsp3) is 0.457. The third-order valence-corrected chi connectivity index (χ3v) is 10.1. The van der Waals surface area contributed by atoms with Gasteiger partial charge in [0.1, 0.15) is 11.6 Å². The predicted molar refractivity (Wildman–Crippen MR) is 237 cm³/mol. The molecule has 1 saturated carbocycles. The lowest BCUT2D eigenvalue weighted by molar-refractivity contribution is -0.129. The van der Waals surface area contributed by atoms with Crippen molar-refractivity contribution in [2.75, 3.05) is 65.2 Å². The fourth-order valence-corrected chi connectivity index (χ4v) is 6.79. The number of nitrogens with zero attached hydrogens (tertiary/aromatic N) is 3. The SMILES string of the molecule is COCCOCCOCCOCCNC(=O)c1ccc(-c2ccc(C[C@H](NC(=O)C3CCC(=CNC(=O)OC(C)(C)C)CC3)C(=O)Nc3ccc(-c4nn[nH]n4)cc3)cc2)c(C)c1. The molecular formula is C46H60N8O9. The Morgan fingerprint density at radius 2 is 1.49 bits per heavy atom. The largest absolute Gasteiger partial charge is 0.444 e. The number of anilines is 1. The number of alkyl carbamates (subject to hydrolysis) is 1. The highest BCUT2D eigenvalue weighted by Crippen LogP contribution is 2.29. The molecule has 0 unspecified atom stereocenters. The lowest BCUT2D eigenvalue weighted by atomic mass is 9.85. The Kier molecular flexibility index (Phi) is 18.7.